The summed E-state index contributed by atoms with van der Waals surface area (Å²) in [6.45, 7) is 4.93. The smallest absolute Gasteiger partial charge is 0.194 e. The van der Waals surface area contributed by atoms with Gasteiger partial charge < -0.3 is 14.8 Å². The third-order valence-electron chi connectivity index (χ3n) is 4.67. The first kappa shape index (κ1) is 18.7. The predicted octanol–water partition coefficient (Wildman–Crippen LogP) is 2.17. The number of likely N-dealkylation sites (tertiary alicyclic amines) is 1. The molecule has 24 heavy (non-hydrogen) atoms. The molecule has 1 aliphatic rings. The lowest BCUT2D eigenvalue weighted by atomic mass is 9.82. The summed E-state index contributed by atoms with van der Waals surface area (Å²) in [5, 5.41) is 11.4. The van der Waals surface area contributed by atoms with Crippen LogP contribution in [0.4, 0.5) is 0 Å². The van der Waals surface area contributed by atoms with Gasteiger partial charge in [0.2, 0.25) is 0 Å². The molecule has 1 unspecified atom stereocenters. The quantitative estimate of drug-likeness (QED) is 0.452. The van der Waals surface area contributed by atoms with Crippen LogP contribution in [0.15, 0.2) is 41.7 Å². The van der Waals surface area contributed by atoms with Crippen molar-refractivity contribution in [2.45, 2.75) is 25.3 Å². The summed E-state index contributed by atoms with van der Waals surface area (Å²) >= 11 is 0. The molecule has 6 nitrogen and oxygen atoms in total. The molecule has 2 heterocycles. The molecule has 1 atom stereocenters. The molecule has 130 valence electrons. The van der Waals surface area contributed by atoms with E-state index in [0.717, 1.165) is 31.3 Å². The van der Waals surface area contributed by atoms with Crippen molar-refractivity contribution in [2.24, 2.45) is 12.0 Å². The number of nitrogens with zero attached hydrogens (tertiary/aromatic N) is 5. The van der Waals surface area contributed by atoms with E-state index in [9.17, 15) is 0 Å². The number of hydrogen-bond donors (Lipinski definition) is 1. The van der Waals surface area contributed by atoms with Crippen LogP contribution in [0.5, 0.6) is 0 Å². The van der Waals surface area contributed by atoms with E-state index in [4.69, 9.17) is 0 Å². The largest absolute Gasteiger partial charge is 0.349 e. The Morgan fingerprint density at radius 2 is 2.08 bits per heavy atom. The standard InChI is InChI=1S/C17H24N6.HI/c1-17(14-7-5-4-6-8-14)9-10-23(12-17)16(18-2)19-11-15-21-20-13-22(15)3;/h4-8,13H,9-12H2,1-3H3,(H,18,19);1H. The first-order valence-corrected chi connectivity index (χ1v) is 7.96. The van der Waals surface area contributed by atoms with E-state index in [-0.39, 0.29) is 29.4 Å². The van der Waals surface area contributed by atoms with E-state index >= 15 is 0 Å². The van der Waals surface area contributed by atoms with Crippen molar-refractivity contribution in [1.82, 2.24) is 25.0 Å². The molecule has 1 N–H and O–H groups in total. The van der Waals surface area contributed by atoms with Crippen LogP contribution < -0.4 is 5.32 Å². The summed E-state index contributed by atoms with van der Waals surface area (Å²) in [4.78, 5) is 6.76. The van der Waals surface area contributed by atoms with Crippen molar-refractivity contribution >= 4 is 29.9 Å². The first-order valence-electron chi connectivity index (χ1n) is 7.96. The molecule has 7 heteroatoms. The average Bonchev–Trinajstić information content (AvgIpc) is 3.16. The summed E-state index contributed by atoms with van der Waals surface area (Å²) in [5.41, 5.74) is 1.56. The Kier molecular flexibility index (Phi) is 6.20. The molecular formula is C17H25IN6. The minimum absolute atomic E-state index is 0. The van der Waals surface area contributed by atoms with Crippen LogP contribution in [0.1, 0.15) is 24.7 Å². The van der Waals surface area contributed by atoms with Gasteiger partial charge in [0.15, 0.2) is 11.8 Å². The van der Waals surface area contributed by atoms with Crippen molar-refractivity contribution in [2.75, 3.05) is 20.1 Å². The van der Waals surface area contributed by atoms with Crippen molar-refractivity contribution in [3.63, 3.8) is 0 Å². The molecule has 2 aromatic rings. The second kappa shape index (κ2) is 7.96. The summed E-state index contributed by atoms with van der Waals surface area (Å²) in [6, 6.07) is 10.7. The van der Waals surface area contributed by atoms with Crippen molar-refractivity contribution in [1.29, 1.82) is 0 Å². The van der Waals surface area contributed by atoms with Gasteiger partial charge in [0.05, 0.1) is 6.54 Å². The minimum atomic E-state index is 0. The van der Waals surface area contributed by atoms with Gasteiger partial charge in [-0.15, -0.1) is 34.2 Å². The van der Waals surface area contributed by atoms with Crippen molar-refractivity contribution in [3.8, 4) is 0 Å². The number of aryl methyl sites for hydroxylation is 1. The van der Waals surface area contributed by atoms with Gasteiger partial charge in [0.1, 0.15) is 6.33 Å². The molecule has 1 saturated heterocycles. The Balaban J connectivity index is 0.00000208. The van der Waals surface area contributed by atoms with E-state index in [1.807, 2.05) is 18.7 Å². The fourth-order valence-corrected chi connectivity index (χ4v) is 3.18. The number of nitrogens with one attached hydrogen (secondary N) is 1. The lowest BCUT2D eigenvalue weighted by Gasteiger charge is -2.27. The summed E-state index contributed by atoms with van der Waals surface area (Å²) in [5.74, 6) is 1.82. The molecule has 3 rings (SSSR count). The fourth-order valence-electron chi connectivity index (χ4n) is 3.18. The van der Waals surface area contributed by atoms with Gasteiger partial charge in [0, 0.05) is 32.6 Å². The van der Waals surface area contributed by atoms with Gasteiger partial charge in [-0.25, -0.2) is 0 Å². The Morgan fingerprint density at radius 1 is 1.33 bits per heavy atom. The van der Waals surface area contributed by atoms with Gasteiger partial charge in [-0.05, 0) is 12.0 Å². The molecule has 0 spiro atoms. The SMILES string of the molecule is CN=C(NCc1nncn1C)N1CCC(C)(c2ccccc2)C1.I. The maximum absolute atomic E-state index is 4.43. The maximum atomic E-state index is 4.43. The number of halogens is 1. The van der Waals surface area contributed by atoms with Crippen LogP contribution in [0, 0.1) is 0 Å². The summed E-state index contributed by atoms with van der Waals surface area (Å²) < 4.78 is 1.92. The Bertz CT molecular complexity index is 683. The monoisotopic (exact) mass is 440 g/mol. The molecule has 1 aliphatic heterocycles. The van der Waals surface area contributed by atoms with E-state index in [0.29, 0.717) is 6.54 Å². The zero-order valence-corrected chi connectivity index (χ0v) is 16.8. The second-order valence-corrected chi connectivity index (χ2v) is 6.36. The van der Waals surface area contributed by atoms with Crippen LogP contribution in [0.25, 0.3) is 0 Å². The van der Waals surface area contributed by atoms with Crippen molar-refractivity contribution < 1.29 is 0 Å². The van der Waals surface area contributed by atoms with Crippen LogP contribution >= 0.6 is 24.0 Å². The minimum Gasteiger partial charge on any atom is -0.349 e. The van der Waals surface area contributed by atoms with Crippen LogP contribution in [0.3, 0.4) is 0 Å². The Morgan fingerprint density at radius 3 is 2.71 bits per heavy atom. The van der Waals surface area contributed by atoms with Gasteiger partial charge in [-0.2, -0.15) is 0 Å². The topological polar surface area (TPSA) is 58.3 Å². The number of aliphatic imine (C=N–C) groups is 1. The third kappa shape index (κ3) is 3.88. The molecule has 0 bridgehead atoms. The lowest BCUT2D eigenvalue weighted by Crippen LogP contribution is -2.41. The zero-order valence-electron chi connectivity index (χ0n) is 14.4. The molecular weight excluding hydrogens is 415 g/mol. The highest BCUT2D eigenvalue weighted by Crippen LogP contribution is 2.33. The lowest BCUT2D eigenvalue weighted by molar-refractivity contribution is 0.437. The fraction of sp³-hybridized carbons (Fsp3) is 0.471. The molecule has 1 aromatic heterocycles. The zero-order chi connectivity index (χ0) is 16.3. The third-order valence-corrected chi connectivity index (χ3v) is 4.67. The highest BCUT2D eigenvalue weighted by Gasteiger charge is 2.36. The van der Waals surface area contributed by atoms with Gasteiger partial charge in [0.25, 0.3) is 0 Å². The summed E-state index contributed by atoms with van der Waals surface area (Å²) in [6.07, 6.45) is 2.84. The van der Waals surface area contributed by atoms with E-state index in [2.05, 4.69) is 62.7 Å². The Hall–Kier alpha value is -1.64. The van der Waals surface area contributed by atoms with E-state index < -0.39 is 0 Å². The first-order chi connectivity index (χ1) is 11.1. The van der Waals surface area contributed by atoms with Crippen LogP contribution in [-0.4, -0.2) is 45.8 Å². The number of guanidine groups is 1. The normalized spacial score (nSPS) is 20.8. The van der Waals surface area contributed by atoms with Crippen LogP contribution in [-0.2, 0) is 19.0 Å². The molecule has 0 saturated carbocycles. The van der Waals surface area contributed by atoms with Gasteiger partial charge in [-0.1, -0.05) is 37.3 Å². The second-order valence-electron chi connectivity index (χ2n) is 6.36. The van der Waals surface area contributed by atoms with E-state index in [1.165, 1.54) is 5.56 Å². The van der Waals surface area contributed by atoms with Crippen molar-refractivity contribution in [3.05, 3.63) is 48.0 Å². The predicted molar refractivity (Wildman–Crippen MR) is 107 cm³/mol. The number of benzene rings is 1. The van der Waals surface area contributed by atoms with Crippen LogP contribution in [0.2, 0.25) is 0 Å². The molecule has 0 radical (unpaired) electrons. The van der Waals surface area contributed by atoms with Gasteiger partial charge >= 0.3 is 0 Å². The van der Waals surface area contributed by atoms with E-state index in [1.54, 1.807) is 6.33 Å². The highest BCUT2D eigenvalue weighted by molar-refractivity contribution is 14.0. The molecule has 0 aliphatic carbocycles. The van der Waals surface area contributed by atoms with Gasteiger partial charge in [-0.3, -0.25) is 4.99 Å². The molecule has 1 fully saturated rings. The number of rotatable bonds is 3. The number of hydrogen-bond acceptors (Lipinski definition) is 3. The number of aromatic nitrogens is 3. The highest BCUT2D eigenvalue weighted by atomic mass is 127. The molecule has 0 amide bonds. The Labute approximate surface area is 160 Å². The molecule has 1 aromatic carbocycles. The average molecular weight is 440 g/mol. The maximum Gasteiger partial charge on any atom is 0.194 e. The summed E-state index contributed by atoms with van der Waals surface area (Å²) in [7, 11) is 3.78.